The Labute approximate surface area is 190 Å². The minimum Gasteiger partial charge on any atom is -0.325 e. The Kier molecular flexibility index (Phi) is 5.48. The van der Waals surface area contributed by atoms with E-state index >= 15 is 0 Å². The van der Waals surface area contributed by atoms with E-state index < -0.39 is 5.92 Å². The molecular formula is C27H21N3OS. The van der Waals surface area contributed by atoms with Gasteiger partial charge in [-0.15, -0.1) is 0 Å². The van der Waals surface area contributed by atoms with Crippen LogP contribution < -0.4 is 5.32 Å². The quantitative estimate of drug-likeness (QED) is 0.346. The average molecular weight is 436 g/mol. The minimum absolute atomic E-state index is 0.0615. The van der Waals surface area contributed by atoms with Crippen LogP contribution in [0.1, 0.15) is 22.6 Å². The number of nitrogens with zero attached hydrogens (tertiary/aromatic N) is 2. The molecular weight excluding hydrogens is 414 g/mol. The molecule has 0 bridgehead atoms. The molecule has 0 aliphatic heterocycles. The summed E-state index contributed by atoms with van der Waals surface area (Å²) in [4.78, 5) is 23.6. The first-order valence-corrected chi connectivity index (χ1v) is 11.2. The molecule has 156 valence electrons. The highest BCUT2D eigenvalue weighted by Crippen LogP contribution is 2.34. The smallest absolute Gasteiger partial charge is 0.236 e. The molecule has 4 nitrogen and oxygen atoms in total. The summed E-state index contributed by atoms with van der Waals surface area (Å²) in [6, 6.07) is 29.5. The van der Waals surface area contributed by atoms with Crippen molar-refractivity contribution in [3.8, 4) is 10.6 Å². The van der Waals surface area contributed by atoms with Gasteiger partial charge in [-0.2, -0.15) is 0 Å². The first-order valence-electron chi connectivity index (χ1n) is 10.4. The predicted molar refractivity (Wildman–Crippen MR) is 131 cm³/mol. The molecule has 2 aromatic heterocycles. The van der Waals surface area contributed by atoms with Gasteiger partial charge in [0.05, 0.1) is 5.92 Å². The molecule has 2 heterocycles. The largest absolute Gasteiger partial charge is 0.325 e. The van der Waals surface area contributed by atoms with E-state index in [4.69, 9.17) is 4.98 Å². The maximum atomic E-state index is 13.5. The molecule has 0 fully saturated rings. The molecule has 5 aromatic rings. The molecule has 5 rings (SSSR count). The van der Waals surface area contributed by atoms with Crippen molar-refractivity contribution >= 4 is 33.3 Å². The molecule has 0 spiro atoms. The zero-order valence-corrected chi connectivity index (χ0v) is 18.3. The SMILES string of the molecule is Cc1c(NC(=O)C(c2ccccc2)c2ccccc2)cccc1-c1nc2cccnc2s1. The number of anilines is 1. The Hall–Kier alpha value is -3.83. The van der Waals surface area contributed by atoms with Crippen molar-refractivity contribution in [2.75, 3.05) is 5.32 Å². The van der Waals surface area contributed by atoms with Gasteiger partial charge < -0.3 is 5.32 Å². The van der Waals surface area contributed by atoms with Crippen LogP contribution in [-0.2, 0) is 4.79 Å². The topological polar surface area (TPSA) is 54.9 Å². The molecule has 1 N–H and O–H groups in total. The summed E-state index contributed by atoms with van der Waals surface area (Å²) in [6.45, 7) is 2.02. The lowest BCUT2D eigenvalue weighted by Crippen LogP contribution is -2.22. The van der Waals surface area contributed by atoms with E-state index in [1.807, 2.05) is 97.9 Å². The van der Waals surface area contributed by atoms with Crippen LogP contribution in [0.4, 0.5) is 5.69 Å². The minimum atomic E-state index is -0.396. The highest BCUT2D eigenvalue weighted by molar-refractivity contribution is 7.21. The zero-order valence-electron chi connectivity index (χ0n) is 17.5. The summed E-state index contributed by atoms with van der Waals surface area (Å²) in [5, 5.41) is 4.07. The highest BCUT2D eigenvalue weighted by Gasteiger charge is 2.23. The fourth-order valence-electron chi connectivity index (χ4n) is 3.88. The number of hydrogen-bond donors (Lipinski definition) is 1. The summed E-state index contributed by atoms with van der Waals surface area (Å²) in [7, 11) is 0. The van der Waals surface area contributed by atoms with Crippen LogP contribution in [0.3, 0.4) is 0 Å². The number of pyridine rings is 1. The zero-order chi connectivity index (χ0) is 21.9. The van der Waals surface area contributed by atoms with Gasteiger partial charge in [0.25, 0.3) is 0 Å². The third-order valence-electron chi connectivity index (χ3n) is 5.52. The first kappa shape index (κ1) is 20.1. The van der Waals surface area contributed by atoms with E-state index in [0.717, 1.165) is 43.3 Å². The van der Waals surface area contributed by atoms with Crippen molar-refractivity contribution in [2.24, 2.45) is 0 Å². The van der Waals surface area contributed by atoms with Crippen LogP contribution in [-0.4, -0.2) is 15.9 Å². The van der Waals surface area contributed by atoms with Crippen molar-refractivity contribution in [1.82, 2.24) is 9.97 Å². The molecule has 0 aliphatic rings. The second-order valence-electron chi connectivity index (χ2n) is 7.57. The Bertz CT molecular complexity index is 1310. The van der Waals surface area contributed by atoms with Gasteiger partial charge in [0, 0.05) is 17.4 Å². The van der Waals surface area contributed by atoms with Crippen LogP contribution in [0.25, 0.3) is 20.9 Å². The third-order valence-corrected chi connectivity index (χ3v) is 6.53. The summed E-state index contributed by atoms with van der Waals surface area (Å²) in [5.41, 5.74) is 5.58. The first-order chi connectivity index (χ1) is 15.7. The van der Waals surface area contributed by atoms with Gasteiger partial charge in [0.15, 0.2) is 0 Å². The summed E-state index contributed by atoms with van der Waals surface area (Å²) in [6.07, 6.45) is 1.78. The number of hydrogen-bond acceptors (Lipinski definition) is 4. The average Bonchev–Trinajstić information content (AvgIpc) is 3.26. The Morgan fingerprint density at radius 3 is 2.19 bits per heavy atom. The van der Waals surface area contributed by atoms with Crippen molar-refractivity contribution in [2.45, 2.75) is 12.8 Å². The lowest BCUT2D eigenvalue weighted by atomic mass is 9.90. The summed E-state index contributed by atoms with van der Waals surface area (Å²) in [5.74, 6) is -0.458. The van der Waals surface area contributed by atoms with Gasteiger partial charge in [-0.1, -0.05) is 84.1 Å². The van der Waals surface area contributed by atoms with Crippen LogP contribution in [0.5, 0.6) is 0 Å². The van der Waals surface area contributed by atoms with E-state index in [0.29, 0.717) is 0 Å². The Balaban J connectivity index is 1.50. The molecule has 5 heteroatoms. The van der Waals surface area contributed by atoms with Gasteiger partial charge in [-0.3, -0.25) is 4.79 Å². The monoisotopic (exact) mass is 435 g/mol. The van der Waals surface area contributed by atoms with E-state index in [2.05, 4.69) is 10.3 Å². The van der Waals surface area contributed by atoms with Crippen molar-refractivity contribution in [3.63, 3.8) is 0 Å². The highest BCUT2D eigenvalue weighted by atomic mass is 32.1. The maximum absolute atomic E-state index is 13.5. The molecule has 0 atom stereocenters. The summed E-state index contributed by atoms with van der Waals surface area (Å²) >= 11 is 1.56. The number of rotatable bonds is 5. The van der Waals surface area contributed by atoms with Gasteiger partial charge >= 0.3 is 0 Å². The number of carbonyl (C=O) groups is 1. The molecule has 0 aliphatic carbocycles. The Morgan fingerprint density at radius 1 is 0.844 bits per heavy atom. The number of thiazole rings is 1. The number of aromatic nitrogens is 2. The van der Waals surface area contributed by atoms with E-state index in [9.17, 15) is 4.79 Å². The molecule has 0 radical (unpaired) electrons. The lowest BCUT2D eigenvalue weighted by Gasteiger charge is -2.19. The van der Waals surface area contributed by atoms with Crippen molar-refractivity contribution in [1.29, 1.82) is 0 Å². The van der Waals surface area contributed by atoms with Crippen molar-refractivity contribution < 1.29 is 4.79 Å². The molecule has 0 saturated carbocycles. The van der Waals surface area contributed by atoms with Gasteiger partial charge in [-0.05, 0) is 41.8 Å². The second kappa shape index (κ2) is 8.73. The van der Waals surface area contributed by atoms with Crippen LogP contribution in [0.15, 0.2) is 97.2 Å². The van der Waals surface area contributed by atoms with E-state index in [1.54, 1.807) is 17.5 Å². The predicted octanol–water partition coefficient (Wildman–Crippen LogP) is 6.44. The van der Waals surface area contributed by atoms with Gasteiger partial charge in [-0.25, -0.2) is 9.97 Å². The number of benzene rings is 3. The third kappa shape index (κ3) is 3.90. The lowest BCUT2D eigenvalue weighted by molar-refractivity contribution is -0.116. The second-order valence-corrected chi connectivity index (χ2v) is 8.55. The van der Waals surface area contributed by atoms with E-state index in [1.165, 1.54) is 0 Å². The number of nitrogens with one attached hydrogen (secondary N) is 1. The molecule has 32 heavy (non-hydrogen) atoms. The van der Waals surface area contributed by atoms with E-state index in [-0.39, 0.29) is 5.91 Å². The number of carbonyl (C=O) groups excluding carboxylic acids is 1. The number of fused-ring (bicyclic) bond motifs is 1. The molecule has 0 unspecified atom stereocenters. The maximum Gasteiger partial charge on any atom is 0.236 e. The standard InChI is InChI=1S/C27H21N3OS/c1-18-21(26-30-23-16-9-17-28-27(23)32-26)14-8-15-22(18)29-25(31)24(19-10-4-2-5-11-19)20-12-6-3-7-13-20/h2-17,24H,1H3,(H,29,31). The molecule has 1 amide bonds. The van der Waals surface area contributed by atoms with Crippen LogP contribution in [0, 0.1) is 6.92 Å². The fraction of sp³-hybridized carbons (Fsp3) is 0.0741. The fourth-order valence-corrected chi connectivity index (χ4v) is 4.87. The van der Waals surface area contributed by atoms with Crippen LogP contribution in [0.2, 0.25) is 0 Å². The van der Waals surface area contributed by atoms with Gasteiger partial charge in [0.2, 0.25) is 5.91 Å². The normalized spacial score (nSPS) is 11.1. The molecule has 3 aromatic carbocycles. The van der Waals surface area contributed by atoms with Crippen molar-refractivity contribution in [3.05, 3.63) is 114 Å². The van der Waals surface area contributed by atoms with Crippen LogP contribution >= 0.6 is 11.3 Å². The molecule has 0 saturated heterocycles. The number of amides is 1. The van der Waals surface area contributed by atoms with Gasteiger partial charge in [0.1, 0.15) is 15.4 Å². The Morgan fingerprint density at radius 2 is 1.53 bits per heavy atom. The summed E-state index contributed by atoms with van der Waals surface area (Å²) < 4.78 is 0.